The van der Waals surface area contributed by atoms with Gasteiger partial charge in [0, 0.05) is 6.54 Å². The molecule has 0 saturated carbocycles. The SMILES string of the molecule is CCOc1ccc(CNC(=O)CN(c2cccc(C)c2)S(=O)(=O)c2ccc(C)cc2)cc1. The second kappa shape index (κ2) is 10.3. The van der Waals surface area contributed by atoms with E-state index in [9.17, 15) is 13.2 Å². The van der Waals surface area contributed by atoms with E-state index in [0.717, 1.165) is 26.7 Å². The monoisotopic (exact) mass is 452 g/mol. The summed E-state index contributed by atoms with van der Waals surface area (Å²) in [6.07, 6.45) is 0. The summed E-state index contributed by atoms with van der Waals surface area (Å²) in [5, 5.41) is 2.81. The van der Waals surface area contributed by atoms with E-state index in [1.807, 2.05) is 51.1 Å². The Bertz CT molecular complexity index is 1160. The molecule has 3 aromatic carbocycles. The summed E-state index contributed by atoms with van der Waals surface area (Å²) in [5.74, 6) is 0.369. The van der Waals surface area contributed by atoms with Crippen LogP contribution in [0.15, 0.2) is 77.7 Å². The van der Waals surface area contributed by atoms with Gasteiger partial charge in [-0.15, -0.1) is 0 Å². The van der Waals surface area contributed by atoms with E-state index in [0.29, 0.717) is 12.3 Å². The summed E-state index contributed by atoms with van der Waals surface area (Å²) in [6.45, 7) is 6.24. The lowest BCUT2D eigenvalue weighted by Crippen LogP contribution is -2.40. The largest absolute Gasteiger partial charge is 0.494 e. The Labute approximate surface area is 189 Å². The molecular formula is C25H28N2O4S. The molecule has 0 bridgehead atoms. The molecule has 3 aromatic rings. The van der Waals surface area contributed by atoms with Gasteiger partial charge in [-0.25, -0.2) is 8.42 Å². The van der Waals surface area contributed by atoms with Gasteiger partial charge in [0.2, 0.25) is 5.91 Å². The molecule has 3 rings (SSSR count). The Hall–Kier alpha value is -3.32. The lowest BCUT2D eigenvalue weighted by Gasteiger charge is -2.24. The molecule has 0 aliphatic carbocycles. The summed E-state index contributed by atoms with van der Waals surface area (Å²) < 4.78 is 33.4. The van der Waals surface area contributed by atoms with Crippen LogP contribution in [0.2, 0.25) is 0 Å². The second-order valence-corrected chi connectivity index (χ2v) is 9.38. The highest BCUT2D eigenvalue weighted by Crippen LogP contribution is 2.24. The first kappa shape index (κ1) is 23.3. The van der Waals surface area contributed by atoms with Gasteiger partial charge in [-0.05, 0) is 68.3 Å². The van der Waals surface area contributed by atoms with Crippen LogP contribution in [0, 0.1) is 13.8 Å². The van der Waals surface area contributed by atoms with Crippen LogP contribution in [-0.2, 0) is 21.4 Å². The highest BCUT2D eigenvalue weighted by molar-refractivity contribution is 7.92. The normalized spacial score (nSPS) is 11.1. The first-order valence-corrected chi connectivity index (χ1v) is 11.9. The maximum atomic E-state index is 13.4. The van der Waals surface area contributed by atoms with Crippen LogP contribution >= 0.6 is 0 Å². The van der Waals surface area contributed by atoms with E-state index < -0.39 is 15.9 Å². The van der Waals surface area contributed by atoms with Crippen molar-refractivity contribution in [1.29, 1.82) is 0 Å². The van der Waals surface area contributed by atoms with Crippen molar-refractivity contribution in [3.63, 3.8) is 0 Å². The molecule has 0 unspecified atom stereocenters. The van der Waals surface area contributed by atoms with Crippen LogP contribution in [0.25, 0.3) is 0 Å². The van der Waals surface area contributed by atoms with Gasteiger partial charge in [0.25, 0.3) is 10.0 Å². The van der Waals surface area contributed by atoms with Gasteiger partial charge < -0.3 is 10.1 Å². The number of anilines is 1. The van der Waals surface area contributed by atoms with Crippen molar-refractivity contribution in [1.82, 2.24) is 5.32 Å². The van der Waals surface area contributed by atoms with Gasteiger partial charge in [-0.3, -0.25) is 9.10 Å². The Morgan fingerprint density at radius 3 is 2.25 bits per heavy atom. The highest BCUT2D eigenvalue weighted by atomic mass is 32.2. The van der Waals surface area contributed by atoms with Crippen molar-refractivity contribution in [2.75, 3.05) is 17.5 Å². The topological polar surface area (TPSA) is 75.7 Å². The standard InChI is InChI=1S/C25H28N2O4S/c1-4-31-23-12-10-21(11-13-23)17-26-25(28)18-27(22-7-5-6-20(3)16-22)32(29,30)24-14-8-19(2)9-15-24/h5-16H,4,17-18H2,1-3H3,(H,26,28). The zero-order chi connectivity index (χ0) is 23.1. The number of aryl methyl sites for hydroxylation is 2. The quantitative estimate of drug-likeness (QED) is 0.528. The average molecular weight is 453 g/mol. The molecule has 0 fully saturated rings. The molecule has 6 nitrogen and oxygen atoms in total. The van der Waals surface area contributed by atoms with Crippen molar-refractivity contribution >= 4 is 21.6 Å². The summed E-state index contributed by atoms with van der Waals surface area (Å²) in [5.41, 5.74) is 3.20. The highest BCUT2D eigenvalue weighted by Gasteiger charge is 2.27. The summed E-state index contributed by atoms with van der Waals surface area (Å²) in [6, 6.07) is 21.1. The van der Waals surface area contributed by atoms with Crippen molar-refractivity contribution in [3.8, 4) is 5.75 Å². The number of rotatable bonds is 9. The van der Waals surface area contributed by atoms with Crippen molar-refractivity contribution in [2.24, 2.45) is 0 Å². The minimum Gasteiger partial charge on any atom is -0.494 e. The third kappa shape index (κ3) is 5.88. The number of benzene rings is 3. The van der Waals surface area contributed by atoms with Crippen LogP contribution in [0.3, 0.4) is 0 Å². The molecule has 0 spiro atoms. The maximum absolute atomic E-state index is 13.4. The molecule has 168 valence electrons. The third-order valence-electron chi connectivity index (χ3n) is 4.91. The molecule has 0 saturated heterocycles. The van der Waals surface area contributed by atoms with Crippen LogP contribution in [0.5, 0.6) is 5.75 Å². The fraction of sp³-hybridized carbons (Fsp3) is 0.240. The number of carbonyl (C=O) groups is 1. The van der Waals surface area contributed by atoms with E-state index in [-0.39, 0.29) is 18.0 Å². The van der Waals surface area contributed by atoms with Crippen LogP contribution in [0.1, 0.15) is 23.6 Å². The van der Waals surface area contributed by atoms with Gasteiger partial charge in [-0.1, -0.05) is 42.0 Å². The molecule has 0 atom stereocenters. The molecule has 0 aliphatic heterocycles. The van der Waals surface area contributed by atoms with Gasteiger partial charge in [0.1, 0.15) is 12.3 Å². The Morgan fingerprint density at radius 2 is 1.62 bits per heavy atom. The fourth-order valence-electron chi connectivity index (χ4n) is 3.19. The Kier molecular flexibility index (Phi) is 7.53. The second-order valence-electron chi connectivity index (χ2n) is 7.52. The molecule has 1 N–H and O–H groups in total. The predicted molar refractivity (Wildman–Crippen MR) is 126 cm³/mol. The minimum absolute atomic E-state index is 0.143. The average Bonchev–Trinajstić information content (AvgIpc) is 2.77. The zero-order valence-electron chi connectivity index (χ0n) is 18.5. The number of hydrogen-bond donors (Lipinski definition) is 1. The molecule has 7 heteroatoms. The van der Waals surface area contributed by atoms with Crippen molar-refractivity contribution in [3.05, 3.63) is 89.5 Å². The minimum atomic E-state index is -3.92. The summed E-state index contributed by atoms with van der Waals surface area (Å²) in [7, 11) is -3.92. The van der Waals surface area contributed by atoms with E-state index in [4.69, 9.17) is 4.74 Å². The number of nitrogens with one attached hydrogen (secondary N) is 1. The fourth-order valence-corrected chi connectivity index (χ4v) is 4.61. The van der Waals surface area contributed by atoms with Crippen molar-refractivity contribution < 1.29 is 17.9 Å². The Morgan fingerprint density at radius 1 is 0.938 bits per heavy atom. The van der Waals surface area contributed by atoms with Crippen LogP contribution < -0.4 is 14.4 Å². The van der Waals surface area contributed by atoms with Gasteiger partial charge >= 0.3 is 0 Å². The number of hydrogen-bond acceptors (Lipinski definition) is 4. The van der Waals surface area contributed by atoms with Crippen LogP contribution in [0.4, 0.5) is 5.69 Å². The molecule has 0 radical (unpaired) electrons. The van der Waals surface area contributed by atoms with Gasteiger partial charge in [-0.2, -0.15) is 0 Å². The number of sulfonamides is 1. The molecule has 0 aromatic heterocycles. The number of carbonyl (C=O) groups excluding carboxylic acids is 1. The summed E-state index contributed by atoms with van der Waals surface area (Å²) >= 11 is 0. The lowest BCUT2D eigenvalue weighted by atomic mass is 10.2. The summed E-state index contributed by atoms with van der Waals surface area (Å²) in [4.78, 5) is 12.9. The predicted octanol–water partition coefficient (Wildman–Crippen LogP) is 4.21. The molecular weight excluding hydrogens is 424 g/mol. The van der Waals surface area contributed by atoms with E-state index >= 15 is 0 Å². The smallest absolute Gasteiger partial charge is 0.264 e. The van der Waals surface area contributed by atoms with E-state index in [2.05, 4.69) is 5.32 Å². The number of amides is 1. The molecule has 0 heterocycles. The number of ether oxygens (including phenoxy) is 1. The van der Waals surface area contributed by atoms with E-state index in [1.165, 1.54) is 0 Å². The van der Waals surface area contributed by atoms with Crippen molar-refractivity contribution in [2.45, 2.75) is 32.2 Å². The molecule has 32 heavy (non-hydrogen) atoms. The van der Waals surface area contributed by atoms with Gasteiger partial charge in [0.15, 0.2) is 0 Å². The van der Waals surface area contributed by atoms with Crippen LogP contribution in [-0.4, -0.2) is 27.5 Å². The first-order valence-electron chi connectivity index (χ1n) is 10.4. The van der Waals surface area contributed by atoms with E-state index in [1.54, 1.807) is 42.5 Å². The maximum Gasteiger partial charge on any atom is 0.264 e. The molecule has 0 aliphatic rings. The van der Waals surface area contributed by atoms with Gasteiger partial charge in [0.05, 0.1) is 17.2 Å². The first-order chi connectivity index (χ1) is 15.3. The lowest BCUT2D eigenvalue weighted by molar-refractivity contribution is -0.119. The number of nitrogens with zero attached hydrogens (tertiary/aromatic N) is 1. The third-order valence-corrected chi connectivity index (χ3v) is 6.70. The Balaban J connectivity index is 1.79. The zero-order valence-corrected chi connectivity index (χ0v) is 19.4. The molecule has 1 amide bonds.